The highest BCUT2D eigenvalue weighted by Crippen LogP contribution is 2.24. The number of ether oxygens (including phenoxy) is 1. The molecule has 0 aliphatic carbocycles. The van der Waals surface area contributed by atoms with Gasteiger partial charge in [-0.3, -0.25) is 0 Å². The Morgan fingerprint density at radius 2 is 2.05 bits per heavy atom. The molecule has 2 rings (SSSR count). The van der Waals surface area contributed by atoms with Crippen LogP contribution in [0.5, 0.6) is 0 Å². The molecule has 0 spiro atoms. The number of carboxylic acid groups (broad SMARTS) is 1. The summed E-state index contributed by atoms with van der Waals surface area (Å²) in [4.78, 5) is 24.9. The van der Waals surface area contributed by atoms with Gasteiger partial charge in [0.05, 0.1) is 6.10 Å². The first-order valence-electron chi connectivity index (χ1n) is 6.90. The van der Waals surface area contributed by atoms with Crippen LogP contribution < -0.4 is 5.32 Å². The van der Waals surface area contributed by atoms with E-state index >= 15 is 0 Å². The SMILES string of the molecule is CC1CC(NC(=O)N2CCC(C)C2C(=O)O)CCO1. The third-order valence-electron chi connectivity index (χ3n) is 4.03. The van der Waals surface area contributed by atoms with Gasteiger partial charge in [-0.25, -0.2) is 9.59 Å². The van der Waals surface area contributed by atoms with Gasteiger partial charge < -0.3 is 20.1 Å². The molecule has 0 aromatic heterocycles. The highest BCUT2D eigenvalue weighted by Gasteiger charge is 2.40. The number of carbonyl (C=O) groups excluding carboxylic acids is 1. The number of nitrogens with zero attached hydrogens (tertiary/aromatic N) is 1. The molecule has 4 atom stereocenters. The normalized spacial score (nSPS) is 35.2. The van der Waals surface area contributed by atoms with Crippen molar-refractivity contribution in [2.24, 2.45) is 5.92 Å². The van der Waals surface area contributed by atoms with Crippen molar-refractivity contribution < 1.29 is 19.4 Å². The van der Waals surface area contributed by atoms with Gasteiger partial charge in [0.15, 0.2) is 0 Å². The fourth-order valence-corrected chi connectivity index (χ4v) is 2.94. The number of hydrogen-bond acceptors (Lipinski definition) is 3. The van der Waals surface area contributed by atoms with Crippen LogP contribution >= 0.6 is 0 Å². The van der Waals surface area contributed by atoms with Gasteiger partial charge in [0.1, 0.15) is 6.04 Å². The number of nitrogens with one attached hydrogen (secondary N) is 1. The lowest BCUT2D eigenvalue weighted by atomic mass is 10.0. The number of rotatable bonds is 2. The van der Waals surface area contributed by atoms with Gasteiger partial charge in [0.2, 0.25) is 0 Å². The van der Waals surface area contributed by atoms with E-state index in [2.05, 4.69) is 5.32 Å². The minimum absolute atomic E-state index is 0.0110. The summed E-state index contributed by atoms with van der Waals surface area (Å²) in [5.74, 6) is -0.905. The molecule has 0 saturated carbocycles. The Kier molecular flexibility index (Phi) is 4.29. The summed E-state index contributed by atoms with van der Waals surface area (Å²) in [6.45, 7) is 5.02. The van der Waals surface area contributed by atoms with Crippen molar-refractivity contribution in [1.29, 1.82) is 0 Å². The second kappa shape index (κ2) is 5.77. The zero-order valence-corrected chi connectivity index (χ0v) is 11.5. The molecule has 0 aromatic rings. The number of likely N-dealkylation sites (tertiary alicyclic amines) is 1. The Labute approximate surface area is 113 Å². The van der Waals surface area contributed by atoms with E-state index in [4.69, 9.17) is 4.74 Å². The maximum Gasteiger partial charge on any atom is 0.326 e. The smallest absolute Gasteiger partial charge is 0.326 e. The molecular weight excluding hydrogens is 248 g/mol. The summed E-state index contributed by atoms with van der Waals surface area (Å²) in [6.07, 6.45) is 2.46. The Morgan fingerprint density at radius 3 is 2.68 bits per heavy atom. The first-order chi connectivity index (χ1) is 8.99. The summed E-state index contributed by atoms with van der Waals surface area (Å²) in [7, 11) is 0. The van der Waals surface area contributed by atoms with Crippen molar-refractivity contribution in [2.45, 2.75) is 51.3 Å². The first-order valence-corrected chi connectivity index (χ1v) is 6.90. The number of aliphatic carboxylic acids is 1. The third-order valence-corrected chi connectivity index (χ3v) is 4.03. The standard InChI is InChI=1S/C13H22N2O4/c1-8-3-5-15(11(8)12(16)17)13(18)14-10-4-6-19-9(2)7-10/h8-11H,3-7H2,1-2H3,(H,14,18)(H,16,17). The Hall–Kier alpha value is -1.30. The van der Waals surface area contributed by atoms with Crippen molar-refractivity contribution in [3.05, 3.63) is 0 Å². The molecule has 6 nitrogen and oxygen atoms in total. The summed E-state index contributed by atoms with van der Waals surface area (Å²) >= 11 is 0. The van der Waals surface area contributed by atoms with E-state index in [1.165, 1.54) is 4.90 Å². The molecule has 6 heteroatoms. The van der Waals surface area contributed by atoms with Crippen LogP contribution in [0.15, 0.2) is 0 Å². The maximum absolute atomic E-state index is 12.2. The largest absolute Gasteiger partial charge is 0.480 e. The van der Waals surface area contributed by atoms with Gasteiger partial charge in [-0.05, 0) is 32.1 Å². The van der Waals surface area contributed by atoms with E-state index in [1.807, 2.05) is 13.8 Å². The molecule has 2 N–H and O–H groups in total. The van der Waals surface area contributed by atoms with Crippen molar-refractivity contribution in [3.63, 3.8) is 0 Å². The van der Waals surface area contributed by atoms with Crippen molar-refractivity contribution in [2.75, 3.05) is 13.2 Å². The summed E-state index contributed by atoms with van der Waals surface area (Å²) < 4.78 is 5.43. The Balaban J connectivity index is 1.94. The van der Waals surface area contributed by atoms with E-state index in [1.54, 1.807) is 0 Å². The highest BCUT2D eigenvalue weighted by molar-refractivity contribution is 5.83. The number of hydrogen-bond donors (Lipinski definition) is 2. The third kappa shape index (κ3) is 3.18. The predicted octanol–water partition coefficient (Wildman–Crippen LogP) is 1.06. The van der Waals surface area contributed by atoms with E-state index in [0.717, 1.165) is 19.3 Å². The minimum atomic E-state index is -0.916. The van der Waals surface area contributed by atoms with Crippen LogP contribution in [0.3, 0.4) is 0 Å². The zero-order chi connectivity index (χ0) is 14.0. The zero-order valence-electron chi connectivity index (χ0n) is 11.5. The van der Waals surface area contributed by atoms with Crippen LogP contribution in [0.4, 0.5) is 4.79 Å². The number of carboxylic acids is 1. The molecule has 19 heavy (non-hydrogen) atoms. The monoisotopic (exact) mass is 270 g/mol. The van der Waals surface area contributed by atoms with E-state index in [0.29, 0.717) is 13.2 Å². The van der Waals surface area contributed by atoms with Crippen LogP contribution in [0.1, 0.15) is 33.1 Å². The number of carbonyl (C=O) groups is 2. The fourth-order valence-electron chi connectivity index (χ4n) is 2.94. The molecular formula is C13H22N2O4. The predicted molar refractivity (Wildman–Crippen MR) is 68.9 cm³/mol. The minimum Gasteiger partial charge on any atom is -0.480 e. The van der Waals surface area contributed by atoms with Gasteiger partial charge in [0, 0.05) is 19.2 Å². The highest BCUT2D eigenvalue weighted by atomic mass is 16.5. The average Bonchev–Trinajstić information content (AvgIpc) is 2.71. The molecule has 0 bridgehead atoms. The number of urea groups is 1. The van der Waals surface area contributed by atoms with Crippen molar-refractivity contribution in [3.8, 4) is 0 Å². The van der Waals surface area contributed by atoms with Crippen LogP contribution in [0, 0.1) is 5.92 Å². The molecule has 2 saturated heterocycles. The molecule has 108 valence electrons. The van der Waals surface area contributed by atoms with Gasteiger partial charge in [-0.15, -0.1) is 0 Å². The molecule has 2 aliphatic heterocycles. The van der Waals surface area contributed by atoms with Gasteiger partial charge in [-0.1, -0.05) is 6.92 Å². The summed E-state index contributed by atoms with van der Waals surface area (Å²) in [5.41, 5.74) is 0. The molecule has 2 amide bonds. The Morgan fingerprint density at radius 1 is 1.32 bits per heavy atom. The van der Waals surface area contributed by atoms with Crippen molar-refractivity contribution in [1.82, 2.24) is 10.2 Å². The average molecular weight is 270 g/mol. The van der Waals surface area contributed by atoms with Crippen LogP contribution in [-0.4, -0.2) is 53.3 Å². The number of amides is 2. The van der Waals surface area contributed by atoms with E-state index in [9.17, 15) is 14.7 Å². The Bertz CT molecular complexity index is 361. The van der Waals surface area contributed by atoms with Crippen LogP contribution in [-0.2, 0) is 9.53 Å². The van der Waals surface area contributed by atoms with Gasteiger partial charge in [-0.2, -0.15) is 0 Å². The lowest BCUT2D eigenvalue weighted by Crippen LogP contribution is -2.51. The molecule has 2 heterocycles. The van der Waals surface area contributed by atoms with Gasteiger partial charge >= 0.3 is 12.0 Å². The molecule has 2 aliphatic rings. The first kappa shape index (κ1) is 14.1. The van der Waals surface area contributed by atoms with Crippen molar-refractivity contribution >= 4 is 12.0 Å². The summed E-state index contributed by atoms with van der Waals surface area (Å²) in [6, 6.07) is -0.866. The molecule has 0 radical (unpaired) electrons. The fraction of sp³-hybridized carbons (Fsp3) is 0.846. The lowest BCUT2D eigenvalue weighted by molar-refractivity contribution is -0.142. The van der Waals surface area contributed by atoms with Gasteiger partial charge in [0.25, 0.3) is 0 Å². The molecule has 0 aromatic carbocycles. The van der Waals surface area contributed by atoms with E-state index in [-0.39, 0.29) is 24.1 Å². The van der Waals surface area contributed by atoms with E-state index < -0.39 is 12.0 Å². The second-order valence-corrected chi connectivity index (χ2v) is 5.59. The lowest BCUT2D eigenvalue weighted by Gasteiger charge is -2.31. The quantitative estimate of drug-likeness (QED) is 0.786. The maximum atomic E-state index is 12.2. The van der Waals surface area contributed by atoms with Crippen LogP contribution in [0.25, 0.3) is 0 Å². The molecule has 2 fully saturated rings. The second-order valence-electron chi connectivity index (χ2n) is 5.59. The summed E-state index contributed by atoms with van der Waals surface area (Å²) in [5, 5.41) is 12.1. The van der Waals surface area contributed by atoms with Crippen LogP contribution in [0.2, 0.25) is 0 Å². The topological polar surface area (TPSA) is 78.9 Å². The molecule has 4 unspecified atom stereocenters.